The van der Waals surface area contributed by atoms with Gasteiger partial charge in [0.05, 0.1) is 16.6 Å². The number of hydrogen-bond donors (Lipinski definition) is 0. The summed E-state index contributed by atoms with van der Waals surface area (Å²) in [6.07, 6.45) is 2.19. The van der Waals surface area contributed by atoms with Gasteiger partial charge in [0, 0.05) is 70.6 Å². The van der Waals surface area contributed by atoms with Crippen LogP contribution < -0.4 is 0 Å². The van der Waals surface area contributed by atoms with Gasteiger partial charge >= 0.3 is 0 Å². The monoisotopic (exact) mass is 695 g/mol. The van der Waals surface area contributed by atoms with Crippen molar-refractivity contribution >= 4 is 64.2 Å². The van der Waals surface area contributed by atoms with Crippen molar-refractivity contribution in [1.29, 1.82) is 0 Å². The lowest BCUT2D eigenvalue weighted by molar-refractivity contribution is 1.07. The molecule has 0 amide bonds. The van der Waals surface area contributed by atoms with Gasteiger partial charge in [-0.15, -0.1) is 11.3 Å². The molecule has 4 heterocycles. The van der Waals surface area contributed by atoms with Crippen LogP contribution in [0.1, 0.15) is 0 Å². The standard InChI is InChI=1S/C47H29N5S/c1-4-13-30(14-5-1)45-48-46(31-15-6-2-7-16-31)50-47(49-45)32-17-12-20-34(27-32)52-41-28-39-35-21-10-11-22-42(35)53-43(39)29-38(41)36-23-24-40-37(44(36)52)25-26-51(40)33-18-8-3-9-19-33/h1-29H. The van der Waals surface area contributed by atoms with Crippen molar-refractivity contribution in [2.75, 3.05) is 0 Å². The molecule has 0 atom stereocenters. The minimum Gasteiger partial charge on any atom is -0.316 e. The van der Waals surface area contributed by atoms with Crippen LogP contribution in [0, 0.1) is 0 Å². The zero-order chi connectivity index (χ0) is 34.9. The molecule has 53 heavy (non-hydrogen) atoms. The maximum absolute atomic E-state index is 5.07. The zero-order valence-electron chi connectivity index (χ0n) is 28.4. The SMILES string of the molecule is c1ccc(-c2nc(-c3ccccc3)nc(-c3cccc(-n4c5cc6c(cc5c5ccc7c(ccn7-c7ccccc7)c54)sc4ccccc46)c3)n2)cc1. The summed E-state index contributed by atoms with van der Waals surface area (Å²) in [6, 6.07) is 59.8. The molecular formula is C47H29N5S. The van der Waals surface area contributed by atoms with E-state index in [0.29, 0.717) is 17.5 Å². The Balaban J connectivity index is 1.19. The molecule has 0 saturated carbocycles. The second kappa shape index (κ2) is 11.8. The molecule has 0 aliphatic heterocycles. The van der Waals surface area contributed by atoms with E-state index in [2.05, 4.69) is 125 Å². The lowest BCUT2D eigenvalue weighted by Gasteiger charge is -2.12. The first-order chi connectivity index (χ1) is 26.3. The first kappa shape index (κ1) is 29.8. The average molecular weight is 696 g/mol. The molecular weight excluding hydrogens is 667 g/mol. The number of aromatic nitrogens is 5. The number of benzene rings is 7. The highest BCUT2D eigenvalue weighted by Crippen LogP contribution is 2.43. The van der Waals surface area contributed by atoms with Crippen LogP contribution in [0.15, 0.2) is 176 Å². The number of hydrogen-bond acceptors (Lipinski definition) is 4. The van der Waals surface area contributed by atoms with Gasteiger partial charge in [-0.25, -0.2) is 15.0 Å². The highest BCUT2D eigenvalue weighted by atomic mass is 32.1. The molecule has 6 heteroatoms. The van der Waals surface area contributed by atoms with E-state index in [0.717, 1.165) is 33.6 Å². The number of fused-ring (bicyclic) bond motifs is 8. The van der Waals surface area contributed by atoms with Crippen LogP contribution in [-0.2, 0) is 0 Å². The van der Waals surface area contributed by atoms with Crippen LogP contribution in [0.3, 0.4) is 0 Å². The fourth-order valence-electron chi connectivity index (χ4n) is 7.74. The van der Waals surface area contributed by atoms with Gasteiger partial charge in [0.1, 0.15) is 0 Å². The Morgan fingerprint density at radius 3 is 1.74 bits per heavy atom. The minimum atomic E-state index is 0.631. The fourth-order valence-corrected chi connectivity index (χ4v) is 8.87. The maximum Gasteiger partial charge on any atom is 0.164 e. The third-order valence-electron chi connectivity index (χ3n) is 10.2. The summed E-state index contributed by atoms with van der Waals surface area (Å²) in [7, 11) is 0. The van der Waals surface area contributed by atoms with Crippen LogP contribution in [-0.4, -0.2) is 24.1 Å². The van der Waals surface area contributed by atoms with Crippen molar-refractivity contribution in [2.45, 2.75) is 0 Å². The van der Waals surface area contributed by atoms with Crippen molar-refractivity contribution in [1.82, 2.24) is 24.1 Å². The van der Waals surface area contributed by atoms with Gasteiger partial charge in [0.25, 0.3) is 0 Å². The van der Waals surface area contributed by atoms with Crippen LogP contribution >= 0.6 is 11.3 Å². The number of nitrogens with zero attached hydrogens (tertiary/aromatic N) is 5. The molecule has 0 saturated heterocycles. The quantitative estimate of drug-likeness (QED) is 0.180. The second-order valence-electron chi connectivity index (χ2n) is 13.3. The molecule has 0 radical (unpaired) electrons. The van der Waals surface area contributed by atoms with Crippen LogP contribution in [0.25, 0.3) is 98.4 Å². The molecule has 5 nitrogen and oxygen atoms in total. The summed E-state index contributed by atoms with van der Waals surface area (Å²) in [5.74, 6) is 1.92. The Morgan fingerprint density at radius 1 is 0.377 bits per heavy atom. The first-order valence-electron chi connectivity index (χ1n) is 17.7. The van der Waals surface area contributed by atoms with Crippen LogP contribution in [0.5, 0.6) is 0 Å². The maximum atomic E-state index is 5.07. The summed E-state index contributed by atoms with van der Waals surface area (Å²) in [5, 5.41) is 6.21. The molecule has 0 aliphatic rings. The van der Waals surface area contributed by atoms with E-state index in [9.17, 15) is 0 Å². The van der Waals surface area contributed by atoms with Gasteiger partial charge < -0.3 is 9.13 Å². The van der Waals surface area contributed by atoms with Crippen LogP contribution in [0.2, 0.25) is 0 Å². The Morgan fingerprint density at radius 2 is 1.00 bits per heavy atom. The molecule has 0 spiro atoms. The van der Waals surface area contributed by atoms with Gasteiger partial charge in [-0.3, -0.25) is 0 Å². The molecule has 0 unspecified atom stereocenters. The smallest absolute Gasteiger partial charge is 0.164 e. The molecule has 0 bridgehead atoms. The predicted octanol–water partition coefficient (Wildman–Crippen LogP) is 12.3. The lowest BCUT2D eigenvalue weighted by atomic mass is 10.1. The molecule has 11 rings (SSSR count). The van der Waals surface area contributed by atoms with E-state index < -0.39 is 0 Å². The molecule has 0 aliphatic carbocycles. The predicted molar refractivity (Wildman–Crippen MR) is 220 cm³/mol. The van der Waals surface area contributed by atoms with Crippen molar-refractivity contribution < 1.29 is 0 Å². The Labute approximate surface area is 308 Å². The molecule has 4 aromatic heterocycles. The molecule has 11 aromatic rings. The van der Waals surface area contributed by atoms with Gasteiger partial charge in [-0.1, -0.05) is 115 Å². The number of thiophene rings is 1. The molecule has 248 valence electrons. The van der Waals surface area contributed by atoms with Gasteiger partial charge in [-0.05, 0) is 54.6 Å². The van der Waals surface area contributed by atoms with E-state index in [4.69, 9.17) is 15.0 Å². The second-order valence-corrected chi connectivity index (χ2v) is 14.4. The highest BCUT2D eigenvalue weighted by Gasteiger charge is 2.20. The largest absolute Gasteiger partial charge is 0.316 e. The lowest BCUT2D eigenvalue weighted by Crippen LogP contribution is -2.01. The summed E-state index contributed by atoms with van der Waals surface area (Å²) in [4.78, 5) is 15.1. The summed E-state index contributed by atoms with van der Waals surface area (Å²) >= 11 is 1.86. The van der Waals surface area contributed by atoms with Crippen molar-refractivity contribution in [3.8, 4) is 45.5 Å². The van der Waals surface area contributed by atoms with E-state index in [1.807, 2.05) is 72.0 Å². The van der Waals surface area contributed by atoms with Crippen LogP contribution in [0.4, 0.5) is 0 Å². The molecule has 0 fully saturated rings. The summed E-state index contributed by atoms with van der Waals surface area (Å²) in [5.41, 5.74) is 8.50. The fraction of sp³-hybridized carbons (Fsp3) is 0. The van der Waals surface area contributed by atoms with E-state index in [1.54, 1.807) is 0 Å². The third kappa shape index (κ3) is 4.80. The van der Waals surface area contributed by atoms with Gasteiger partial charge in [0.15, 0.2) is 17.5 Å². The zero-order valence-corrected chi connectivity index (χ0v) is 29.2. The van der Waals surface area contributed by atoms with Crippen molar-refractivity contribution in [2.24, 2.45) is 0 Å². The van der Waals surface area contributed by atoms with Gasteiger partial charge in [0.2, 0.25) is 0 Å². The average Bonchev–Trinajstić information content (AvgIpc) is 3.92. The van der Waals surface area contributed by atoms with Crippen molar-refractivity contribution in [3.05, 3.63) is 176 Å². The molecule has 0 N–H and O–H groups in total. The van der Waals surface area contributed by atoms with Gasteiger partial charge in [-0.2, -0.15) is 0 Å². The Bertz CT molecular complexity index is 3100. The number of para-hydroxylation sites is 1. The summed E-state index contributed by atoms with van der Waals surface area (Å²) in [6.45, 7) is 0. The Kier molecular flexibility index (Phi) is 6.66. The number of rotatable bonds is 5. The van der Waals surface area contributed by atoms with E-state index >= 15 is 0 Å². The summed E-state index contributed by atoms with van der Waals surface area (Å²) < 4.78 is 7.31. The van der Waals surface area contributed by atoms with E-state index in [1.165, 1.54) is 47.4 Å². The minimum absolute atomic E-state index is 0.631. The van der Waals surface area contributed by atoms with E-state index in [-0.39, 0.29) is 0 Å². The Hall–Kier alpha value is -6.89. The highest BCUT2D eigenvalue weighted by molar-refractivity contribution is 7.25. The first-order valence-corrected chi connectivity index (χ1v) is 18.5. The third-order valence-corrected chi connectivity index (χ3v) is 11.3. The van der Waals surface area contributed by atoms with Crippen molar-refractivity contribution in [3.63, 3.8) is 0 Å². The molecule has 7 aromatic carbocycles. The topological polar surface area (TPSA) is 48.5 Å². The normalized spacial score (nSPS) is 11.8.